The van der Waals surface area contributed by atoms with Crippen LogP contribution in [0, 0.1) is 6.92 Å². The summed E-state index contributed by atoms with van der Waals surface area (Å²) in [7, 11) is 0. The number of benzene rings is 2. The summed E-state index contributed by atoms with van der Waals surface area (Å²) in [5.41, 5.74) is 2.02. The van der Waals surface area contributed by atoms with Crippen molar-refractivity contribution in [2.24, 2.45) is 0 Å². The number of carbonyl (C=O) groups is 3. The van der Waals surface area contributed by atoms with Gasteiger partial charge in [0.25, 0.3) is 11.8 Å². The van der Waals surface area contributed by atoms with E-state index in [9.17, 15) is 14.4 Å². The summed E-state index contributed by atoms with van der Waals surface area (Å²) in [5, 5.41) is 3.19. The van der Waals surface area contributed by atoms with Crippen molar-refractivity contribution in [2.45, 2.75) is 39.2 Å². The van der Waals surface area contributed by atoms with Gasteiger partial charge in [0, 0.05) is 5.69 Å². The molecule has 146 valence electrons. The van der Waals surface area contributed by atoms with Crippen molar-refractivity contribution in [3.8, 4) is 0 Å². The van der Waals surface area contributed by atoms with E-state index in [4.69, 9.17) is 23.2 Å². The predicted octanol–water partition coefficient (Wildman–Crippen LogP) is 5.10. The van der Waals surface area contributed by atoms with Gasteiger partial charge in [-0.1, -0.05) is 60.7 Å². The summed E-state index contributed by atoms with van der Waals surface area (Å²) in [5.74, 6) is -1.46. The van der Waals surface area contributed by atoms with E-state index in [1.807, 2.05) is 26.0 Å². The minimum absolute atomic E-state index is 0.170. The third-order valence-corrected chi connectivity index (χ3v) is 5.45. The third-order valence-electron chi connectivity index (χ3n) is 4.72. The second kappa shape index (κ2) is 8.33. The predicted molar refractivity (Wildman–Crippen MR) is 110 cm³/mol. The normalized spacial score (nSPS) is 14.2. The molecule has 1 heterocycles. The summed E-state index contributed by atoms with van der Waals surface area (Å²) in [4.78, 5) is 39.8. The van der Waals surface area contributed by atoms with Crippen LogP contribution in [-0.2, 0) is 4.79 Å². The molecule has 0 aliphatic carbocycles. The number of fused-ring (bicyclic) bond motifs is 1. The molecule has 5 nitrogen and oxygen atoms in total. The molecule has 2 aromatic carbocycles. The highest BCUT2D eigenvalue weighted by Gasteiger charge is 2.43. The number of amides is 3. The van der Waals surface area contributed by atoms with E-state index >= 15 is 0 Å². The van der Waals surface area contributed by atoms with Crippen LogP contribution in [0.2, 0.25) is 10.0 Å². The number of hydrogen-bond donors (Lipinski definition) is 1. The monoisotopic (exact) mass is 418 g/mol. The van der Waals surface area contributed by atoms with Gasteiger partial charge < -0.3 is 5.32 Å². The number of halogens is 2. The Bertz CT molecular complexity index is 900. The molecular formula is C21H20Cl2N2O3. The van der Waals surface area contributed by atoms with Crippen LogP contribution >= 0.6 is 23.2 Å². The Morgan fingerprint density at radius 3 is 2.07 bits per heavy atom. The number of anilines is 1. The molecule has 3 amide bonds. The van der Waals surface area contributed by atoms with Gasteiger partial charge in [-0.25, -0.2) is 0 Å². The van der Waals surface area contributed by atoms with Crippen LogP contribution in [-0.4, -0.2) is 28.7 Å². The number of carbonyl (C=O) groups excluding carboxylic acids is 3. The number of imide groups is 1. The molecule has 0 unspecified atom stereocenters. The zero-order chi connectivity index (χ0) is 20.4. The molecule has 3 rings (SSSR count). The highest BCUT2D eigenvalue weighted by atomic mass is 35.5. The zero-order valence-electron chi connectivity index (χ0n) is 15.6. The zero-order valence-corrected chi connectivity index (χ0v) is 17.1. The average molecular weight is 419 g/mol. The maximum absolute atomic E-state index is 13.0. The van der Waals surface area contributed by atoms with E-state index in [1.54, 1.807) is 12.1 Å². The van der Waals surface area contributed by atoms with Crippen molar-refractivity contribution in [1.82, 2.24) is 4.90 Å². The molecule has 1 aliphatic heterocycles. The molecule has 7 heteroatoms. The molecule has 0 saturated heterocycles. The van der Waals surface area contributed by atoms with Gasteiger partial charge in [0.2, 0.25) is 5.91 Å². The lowest BCUT2D eigenvalue weighted by Gasteiger charge is -2.25. The van der Waals surface area contributed by atoms with Gasteiger partial charge in [-0.3, -0.25) is 19.3 Å². The largest absolute Gasteiger partial charge is 0.324 e. The average Bonchev–Trinajstić information content (AvgIpc) is 2.89. The van der Waals surface area contributed by atoms with Crippen LogP contribution < -0.4 is 5.32 Å². The molecule has 0 bridgehead atoms. The van der Waals surface area contributed by atoms with Gasteiger partial charge in [0.15, 0.2) is 0 Å². The Kier molecular flexibility index (Phi) is 6.06. The summed E-state index contributed by atoms with van der Waals surface area (Å²) >= 11 is 12.0. The van der Waals surface area contributed by atoms with Gasteiger partial charge in [-0.2, -0.15) is 0 Å². The molecule has 1 N–H and O–H groups in total. The highest BCUT2D eigenvalue weighted by molar-refractivity contribution is 6.43. The highest BCUT2D eigenvalue weighted by Crippen LogP contribution is 2.33. The van der Waals surface area contributed by atoms with E-state index in [1.165, 1.54) is 12.1 Å². The minimum atomic E-state index is -0.911. The molecule has 28 heavy (non-hydrogen) atoms. The molecule has 0 aromatic heterocycles. The number of aryl methyl sites for hydroxylation is 1. The van der Waals surface area contributed by atoms with Gasteiger partial charge in [-0.15, -0.1) is 0 Å². The number of nitrogens with one attached hydrogen (secondary N) is 1. The van der Waals surface area contributed by atoms with E-state index in [0.717, 1.165) is 16.9 Å². The maximum atomic E-state index is 13.0. The molecule has 0 fully saturated rings. The van der Waals surface area contributed by atoms with E-state index in [-0.39, 0.29) is 21.2 Å². The first-order chi connectivity index (χ1) is 13.3. The Morgan fingerprint density at radius 1 is 1.04 bits per heavy atom. The van der Waals surface area contributed by atoms with Crippen LogP contribution in [0.25, 0.3) is 0 Å². The van der Waals surface area contributed by atoms with E-state index in [2.05, 4.69) is 5.32 Å². The van der Waals surface area contributed by atoms with Crippen LogP contribution in [0.5, 0.6) is 0 Å². The second-order valence-corrected chi connectivity index (χ2v) is 7.62. The molecule has 0 spiro atoms. The first-order valence-corrected chi connectivity index (χ1v) is 9.83. The fourth-order valence-electron chi connectivity index (χ4n) is 3.17. The minimum Gasteiger partial charge on any atom is -0.324 e. The number of nitrogens with zero attached hydrogens (tertiary/aromatic N) is 1. The van der Waals surface area contributed by atoms with Crippen LogP contribution in [0.15, 0.2) is 36.4 Å². The summed E-state index contributed by atoms with van der Waals surface area (Å²) in [6.07, 6.45) is 1.90. The molecule has 1 atom stereocenters. The van der Waals surface area contributed by atoms with Gasteiger partial charge >= 0.3 is 0 Å². The molecular weight excluding hydrogens is 399 g/mol. The van der Waals surface area contributed by atoms with E-state index < -0.39 is 23.8 Å². The number of unbranched alkanes of at least 4 members (excludes halogenated alkanes) is 1. The Labute approximate surface area is 173 Å². The SMILES string of the molecule is CCCC[C@@H](C(=O)Nc1ccc(C)cc1)N1C(=O)c2cc(Cl)c(Cl)cc2C1=O. The molecule has 1 aliphatic rings. The van der Waals surface area contributed by atoms with Crippen molar-refractivity contribution in [2.75, 3.05) is 5.32 Å². The van der Waals surface area contributed by atoms with Crippen LogP contribution in [0.3, 0.4) is 0 Å². The molecule has 0 radical (unpaired) electrons. The first-order valence-electron chi connectivity index (χ1n) is 9.08. The van der Waals surface area contributed by atoms with Gasteiger partial charge in [0.05, 0.1) is 21.2 Å². The fourth-order valence-corrected chi connectivity index (χ4v) is 3.50. The Morgan fingerprint density at radius 2 is 1.57 bits per heavy atom. The summed E-state index contributed by atoms with van der Waals surface area (Å²) < 4.78 is 0. The van der Waals surface area contributed by atoms with Crippen LogP contribution in [0.4, 0.5) is 5.69 Å². The van der Waals surface area contributed by atoms with Crippen molar-refractivity contribution < 1.29 is 14.4 Å². The maximum Gasteiger partial charge on any atom is 0.262 e. The van der Waals surface area contributed by atoms with Crippen LogP contribution in [0.1, 0.15) is 52.5 Å². The second-order valence-electron chi connectivity index (χ2n) is 6.81. The molecule has 2 aromatic rings. The third kappa shape index (κ3) is 3.91. The van der Waals surface area contributed by atoms with E-state index in [0.29, 0.717) is 18.5 Å². The van der Waals surface area contributed by atoms with Gasteiger partial charge in [0.1, 0.15) is 6.04 Å². The smallest absolute Gasteiger partial charge is 0.262 e. The number of rotatable bonds is 6. The Hall–Kier alpha value is -2.37. The standard InChI is InChI=1S/C21H20Cl2N2O3/c1-3-4-5-18(19(26)24-13-8-6-12(2)7-9-13)25-20(27)14-10-16(22)17(23)11-15(14)21(25)28/h6-11,18H,3-5H2,1-2H3,(H,24,26)/t18-/m0/s1. The molecule has 0 saturated carbocycles. The lowest BCUT2D eigenvalue weighted by atomic mass is 10.1. The van der Waals surface area contributed by atoms with Crippen molar-refractivity contribution >= 4 is 46.6 Å². The topological polar surface area (TPSA) is 66.5 Å². The Balaban J connectivity index is 1.91. The number of hydrogen-bond acceptors (Lipinski definition) is 3. The van der Waals surface area contributed by atoms with Crippen molar-refractivity contribution in [3.05, 3.63) is 63.1 Å². The summed E-state index contributed by atoms with van der Waals surface area (Å²) in [6, 6.07) is 9.18. The fraction of sp³-hybridized carbons (Fsp3) is 0.286. The first kappa shape index (κ1) is 20.4. The lowest BCUT2D eigenvalue weighted by molar-refractivity contribution is -0.120. The summed E-state index contributed by atoms with van der Waals surface area (Å²) in [6.45, 7) is 3.93. The van der Waals surface area contributed by atoms with Crippen molar-refractivity contribution in [1.29, 1.82) is 0 Å². The lowest BCUT2D eigenvalue weighted by Crippen LogP contribution is -2.47. The van der Waals surface area contributed by atoms with Gasteiger partial charge in [-0.05, 0) is 37.6 Å². The van der Waals surface area contributed by atoms with Crippen molar-refractivity contribution in [3.63, 3.8) is 0 Å². The quantitative estimate of drug-likeness (QED) is 0.663.